The fourth-order valence-corrected chi connectivity index (χ4v) is 1.93. The van der Waals surface area contributed by atoms with Crippen LogP contribution in [0.1, 0.15) is 36.0 Å². The van der Waals surface area contributed by atoms with Gasteiger partial charge in [0.25, 0.3) is 0 Å². The zero-order valence-corrected chi connectivity index (χ0v) is 9.77. The van der Waals surface area contributed by atoms with Gasteiger partial charge in [-0.1, -0.05) is 12.1 Å². The molecular weight excluding hydrogens is 227 g/mol. The molecule has 0 aliphatic heterocycles. The quantitative estimate of drug-likeness (QED) is 0.864. The summed E-state index contributed by atoms with van der Waals surface area (Å²) in [4.78, 5) is 0. The van der Waals surface area contributed by atoms with Gasteiger partial charge in [-0.15, -0.1) is 0 Å². The van der Waals surface area contributed by atoms with Gasteiger partial charge in [0.2, 0.25) is 0 Å². The third-order valence-electron chi connectivity index (χ3n) is 3.41. The van der Waals surface area contributed by atoms with E-state index in [0.29, 0.717) is 6.42 Å². The van der Waals surface area contributed by atoms with Crippen molar-refractivity contribution in [2.75, 3.05) is 0 Å². The second kappa shape index (κ2) is 4.02. The van der Waals surface area contributed by atoms with Crippen LogP contribution in [-0.2, 0) is 12.6 Å². The summed E-state index contributed by atoms with van der Waals surface area (Å²) in [5.41, 5.74) is 6.28. The van der Waals surface area contributed by atoms with E-state index in [-0.39, 0.29) is 11.1 Å². The first-order valence-electron chi connectivity index (χ1n) is 5.76. The minimum atomic E-state index is -4.26. The van der Waals surface area contributed by atoms with Crippen molar-refractivity contribution in [1.29, 1.82) is 0 Å². The van der Waals surface area contributed by atoms with E-state index in [1.807, 2.05) is 0 Å². The molecule has 1 fully saturated rings. The van der Waals surface area contributed by atoms with Crippen LogP contribution in [0.4, 0.5) is 13.2 Å². The standard InChI is InChI=1S/C13H16F3N/c1-9-2-3-10(4-5-12(17)6-7-12)8-11(9)13(14,15)16/h2-3,8H,4-7,17H2,1H3. The molecule has 0 radical (unpaired) electrons. The smallest absolute Gasteiger partial charge is 0.325 e. The zero-order chi connectivity index (χ0) is 12.7. The number of nitrogens with two attached hydrogens (primary N) is 1. The largest absolute Gasteiger partial charge is 0.416 e. The summed E-state index contributed by atoms with van der Waals surface area (Å²) >= 11 is 0. The van der Waals surface area contributed by atoms with E-state index < -0.39 is 11.7 Å². The van der Waals surface area contributed by atoms with E-state index in [2.05, 4.69) is 0 Å². The molecule has 0 atom stereocenters. The number of aryl methyl sites for hydroxylation is 2. The average Bonchev–Trinajstić information content (AvgIpc) is 2.94. The number of benzene rings is 1. The molecule has 1 aliphatic rings. The molecule has 4 heteroatoms. The van der Waals surface area contributed by atoms with E-state index >= 15 is 0 Å². The van der Waals surface area contributed by atoms with Crippen molar-refractivity contribution in [3.63, 3.8) is 0 Å². The lowest BCUT2D eigenvalue weighted by Crippen LogP contribution is -2.22. The van der Waals surface area contributed by atoms with Crippen LogP contribution >= 0.6 is 0 Å². The van der Waals surface area contributed by atoms with Gasteiger partial charge in [0.15, 0.2) is 0 Å². The van der Waals surface area contributed by atoms with Crippen molar-refractivity contribution < 1.29 is 13.2 Å². The van der Waals surface area contributed by atoms with Gasteiger partial charge in [-0.2, -0.15) is 13.2 Å². The predicted octanol–water partition coefficient (Wildman–Crippen LogP) is 3.44. The maximum atomic E-state index is 12.7. The highest BCUT2D eigenvalue weighted by atomic mass is 19.4. The molecule has 2 N–H and O–H groups in total. The molecule has 0 aromatic heterocycles. The van der Waals surface area contributed by atoms with Crippen molar-refractivity contribution in [2.45, 2.75) is 44.3 Å². The molecule has 0 spiro atoms. The Kier molecular flexibility index (Phi) is 2.94. The molecule has 94 valence electrons. The summed E-state index contributed by atoms with van der Waals surface area (Å²) in [5, 5.41) is 0. The molecular formula is C13H16F3N. The van der Waals surface area contributed by atoms with Gasteiger partial charge in [-0.25, -0.2) is 0 Å². The number of alkyl halides is 3. The molecule has 1 aromatic carbocycles. The minimum Gasteiger partial charge on any atom is -0.325 e. The van der Waals surface area contributed by atoms with E-state index in [1.165, 1.54) is 19.1 Å². The fraction of sp³-hybridized carbons (Fsp3) is 0.538. The first-order chi connectivity index (χ1) is 7.80. The lowest BCUT2D eigenvalue weighted by atomic mass is 9.99. The normalized spacial score (nSPS) is 18.2. The molecule has 0 unspecified atom stereocenters. The summed E-state index contributed by atoms with van der Waals surface area (Å²) in [6.45, 7) is 1.48. The maximum absolute atomic E-state index is 12.7. The average molecular weight is 243 g/mol. The molecule has 0 amide bonds. The van der Waals surface area contributed by atoms with Gasteiger partial charge in [-0.3, -0.25) is 0 Å². The van der Waals surface area contributed by atoms with Gasteiger partial charge in [0, 0.05) is 5.54 Å². The third-order valence-corrected chi connectivity index (χ3v) is 3.41. The number of rotatable bonds is 3. The van der Waals surface area contributed by atoms with Gasteiger partial charge >= 0.3 is 6.18 Å². The minimum absolute atomic E-state index is 0.108. The highest BCUT2D eigenvalue weighted by Gasteiger charge is 2.37. The molecule has 1 aliphatic carbocycles. The van der Waals surface area contributed by atoms with Gasteiger partial charge in [0.05, 0.1) is 5.56 Å². The lowest BCUT2D eigenvalue weighted by molar-refractivity contribution is -0.138. The van der Waals surface area contributed by atoms with Crippen LogP contribution in [0.15, 0.2) is 18.2 Å². The second-order valence-corrected chi connectivity index (χ2v) is 5.01. The van der Waals surface area contributed by atoms with Crippen molar-refractivity contribution in [3.05, 3.63) is 34.9 Å². The van der Waals surface area contributed by atoms with Crippen molar-refractivity contribution in [1.82, 2.24) is 0 Å². The second-order valence-electron chi connectivity index (χ2n) is 5.01. The Bertz CT molecular complexity index is 419. The van der Waals surface area contributed by atoms with Crippen LogP contribution in [0.25, 0.3) is 0 Å². The van der Waals surface area contributed by atoms with Crippen LogP contribution in [0.3, 0.4) is 0 Å². The molecule has 1 aromatic rings. The Morgan fingerprint density at radius 1 is 1.29 bits per heavy atom. The van der Waals surface area contributed by atoms with Gasteiger partial charge in [0.1, 0.15) is 0 Å². The van der Waals surface area contributed by atoms with E-state index in [9.17, 15) is 13.2 Å². The summed E-state index contributed by atoms with van der Waals surface area (Å²) < 4.78 is 38.1. The van der Waals surface area contributed by atoms with E-state index in [0.717, 1.165) is 24.8 Å². The summed E-state index contributed by atoms with van der Waals surface area (Å²) in [6, 6.07) is 4.55. The lowest BCUT2D eigenvalue weighted by Gasteiger charge is -2.13. The summed E-state index contributed by atoms with van der Waals surface area (Å²) in [5.74, 6) is 0. The monoisotopic (exact) mass is 243 g/mol. The zero-order valence-electron chi connectivity index (χ0n) is 9.77. The Balaban J connectivity index is 2.13. The highest BCUT2D eigenvalue weighted by Crippen LogP contribution is 2.37. The van der Waals surface area contributed by atoms with Crippen LogP contribution in [-0.4, -0.2) is 5.54 Å². The Hall–Kier alpha value is -1.03. The van der Waals surface area contributed by atoms with Gasteiger partial charge in [-0.05, 0) is 49.8 Å². The first kappa shape index (κ1) is 12.4. The van der Waals surface area contributed by atoms with Crippen molar-refractivity contribution in [3.8, 4) is 0 Å². The topological polar surface area (TPSA) is 26.0 Å². The molecule has 1 saturated carbocycles. The summed E-state index contributed by atoms with van der Waals surface area (Å²) in [6.07, 6.45) is -0.886. The summed E-state index contributed by atoms with van der Waals surface area (Å²) in [7, 11) is 0. The van der Waals surface area contributed by atoms with E-state index in [4.69, 9.17) is 5.73 Å². The number of hydrogen-bond acceptors (Lipinski definition) is 1. The van der Waals surface area contributed by atoms with Crippen LogP contribution in [0, 0.1) is 6.92 Å². The Morgan fingerprint density at radius 3 is 2.47 bits per heavy atom. The third kappa shape index (κ3) is 3.00. The van der Waals surface area contributed by atoms with Crippen molar-refractivity contribution in [2.24, 2.45) is 5.73 Å². The predicted molar refractivity (Wildman–Crippen MR) is 60.7 cm³/mol. The van der Waals surface area contributed by atoms with E-state index in [1.54, 1.807) is 6.07 Å². The molecule has 0 saturated heterocycles. The SMILES string of the molecule is Cc1ccc(CCC2(N)CC2)cc1C(F)(F)F. The van der Waals surface area contributed by atoms with Crippen molar-refractivity contribution >= 4 is 0 Å². The highest BCUT2D eigenvalue weighted by molar-refractivity contribution is 5.33. The molecule has 0 bridgehead atoms. The Labute approximate surface area is 98.8 Å². The van der Waals surface area contributed by atoms with Gasteiger partial charge < -0.3 is 5.73 Å². The maximum Gasteiger partial charge on any atom is 0.416 e. The molecule has 0 heterocycles. The fourth-order valence-electron chi connectivity index (χ4n) is 1.93. The van der Waals surface area contributed by atoms with Crippen LogP contribution in [0.2, 0.25) is 0 Å². The molecule has 1 nitrogen and oxygen atoms in total. The molecule has 17 heavy (non-hydrogen) atoms. The number of halogens is 3. The number of hydrogen-bond donors (Lipinski definition) is 1. The van der Waals surface area contributed by atoms with Crippen LogP contribution in [0.5, 0.6) is 0 Å². The Morgan fingerprint density at radius 2 is 1.94 bits per heavy atom. The molecule has 2 rings (SSSR count). The first-order valence-corrected chi connectivity index (χ1v) is 5.76. The van der Waals surface area contributed by atoms with Crippen LogP contribution < -0.4 is 5.73 Å².